The van der Waals surface area contributed by atoms with E-state index in [0.29, 0.717) is 17.9 Å². The highest BCUT2D eigenvalue weighted by Crippen LogP contribution is 2.69. The van der Waals surface area contributed by atoms with Gasteiger partial charge in [-0.1, -0.05) is 19.9 Å². The quantitative estimate of drug-likeness (QED) is 0.440. The molecular formula is C27H26F2N6O. The number of aliphatic hydroxyl groups is 1. The number of hydrogen-bond acceptors (Lipinski definition) is 6. The first-order valence-electron chi connectivity index (χ1n) is 12.1. The van der Waals surface area contributed by atoms with Crippen LogP contribution in [0.1, 0.15) is 56.5 Å². The van der Waals surface area contributed by atoms with Gasteiger partial charge in [-0.15, -0.1) is 5.10 Å². The average Bonchev–Trinajstić information content (AvgIpc) is 3.46. The number of nitrogens with zero attached hydrogens (tertiary/aromatic N) is 6. The smallest absolute Gasteiger partial charge is 0.135 e. The molecule has 0 amide bonds. The summed E-state index contributed by atoms with van der Waals surface area (Å²) in [7, 11) is 0. The Labute approximate surface area is 207 Å². The van der Waals surface area contributed by atoms with Gasteiger partial charge in [0, 0.05) is 12.4 Å². The topological polar surface area (TPSA) is 89.6 Å². The van der Waals surface area contributed by atoms with E-state index in [0.717, 1.165) is 29.8 Å². The Hall–Kier alpha value is -3.59. The normalized spacial score (nSPS) is 22.6. The van der Waals surface area contributed by atoms with Crippen molar-refractivity contribution in [2.75, 3.05) is 0 Å². The molecule has 0 spiro atoms. The summed E-state index contributed by atoms with van der Waals surface area (Å²) in [5.41, 5.74) is 3.12. The summed E-state index contributed by atoms with van der Waals surface area (Å²) in [6.45, 7) is 6.49. The Balaban J connectivity index is 1.46. The van der Waals surface area contributed by atoms with Gasteiger partial charge in [-0.3, -0.25) is 9.67 Å². The van der Waals surface area contributed by atoms with Crippen molar-refractivity contribution < 1.29 is 13.9 Å². The standard InChI is InChI=1S/C27H26F2N6O/c1-15(36)14-35-10-8-20(34-35)22-12-30-13-23(31-22)27-9-7-17(26(27,2)3)16-11-21(32-33-25(16)27)24-18(28)5-4-6-19(24)29/h4-6,8,10-13,15,17,36H,7,9,14H2,1-3H3/t15?,17-,27-/m0/s1. The number of benzene rings is 1. The van der Waals surface area contributed by atoms with Gasteiger partial charge in [-0.05, 0) is 60.9 Å². The lowest BCUT2D eigenvalue weighted by molar-refractivity contribution is 0.168. The summed E-state index contributed by atoms with van der Waals surface area (Å²) in [5, 5.41) is 23.1. The van der Waals surface area contributed by atoms with Crippen molar-refractivity contribution in [2.24, 2.45) is 5.41 Å². The number of hydrogen-bond donors (Lipinski definition) is 1. The van der Waals surface area contributed by atoms with Crippen LogP contribution in [0.25, 0.3) is 22.6 Å². The van der Waals surface area contributed by atoms with Gasteiger partial charge in [0.25, 0.3) is 0 Å². The van der Waals surface area contributed by atoms with Crippen LogP contribution in [0, 0.1) is 17.0 Å². The van der Waals surface area contributed by atoms with E-state index in [1.807, 2.05) is 12.3 Å². The van der Waals surface area contributed by atoms with E-state index < -0.39 is 23.2 Å². The number of halogens is 2. The predicted octanol–water partition coefficient (Wildman–Crippen LogP) is 4.66. The first kappa shape index (κ1) is 22.8. The lowest BCUT2D eigenvalue weighted by atomic mass is 9.66. The fourth-order valence-electron chi connectivity index (χ4n) is 6.32. The second-order valence-electron chi connectivity index (χ2n) is 10.4. The zero-order valence-corrected chi connectivity index (χ0v) is 20.3. The van der Waals surface area contributed by atoms with Crippen LogP contribution in [0.5, 0.6) is 0 Å². The van der Waals surface area contributed by atoms with Gasteiger partial charge in [-0.2, -0.15) is 10.2 Å². The number of rotatable bonds is 5. The average molecular weight is 489 g/mol. The summed E-state index contributed by atoms with van der Waals surface area (Å²) in [6, 6.07) is 7.46. The van der Waals surface area contributed by atoms with Gasteiger partial charge >= 0.3 is 0 Å². The van der Waals surface area contributed by atoms with Gasteiger partial charge in [0.15, 0.2) is 0 Å². The van der Waals surface area contributed by atoms with Crippen LogP contribution >= 0.6 is 0 Å². The summed E-state index contributed by atoms with van der Waals surface area (Å²) >= 11 is 0. The molecule has 2 aliphatic rings. The fraction of sp³-hybridized carbons (Fsp3) is 0.370. The minimum atomic E-state index is -0.657. The maximum Gasteiger partial charge on any atom is 0.135 e. The summed E-state index contributed by atoms with van der Waals surface area (Å²) < 4.78 is 30.7. The largest absolute Gasteiger partial charge is 0.391 e. The van der Waals surface area contributed by atoms with E-state index in [4.69, 9.17) is 4.98 Å². The van der Waals surface area contributed by atoms with Crippen molar-refractivity contribution in [3.05, 3.63) is 77.5 Å². The van der Waals surface area contributed by atoms with Crippen LogP contribution in [0.15, 0.2) is 48.9 Å². The predicted molar refractivity (Wildman–Crippen MR) is 129 cm³/mol. The van der Waals surface area contributed by atoms with E-state index in [-0.39, 0.29) is 22.6 Å². The number of aliphatic hydroxyl groups excluding tert-OH is 1. The van der Waals surface area contributed by atoms with Crippen LogP contribution in [0.4, 0.5) is 8.78 Å². The second-order valence-corrected chi connectivity index (χ2v) is 10.4. The Morgan fingerprint density at radius 3 is 2.61 bits per heavy atom. The molecule has 3 heterocycles. The molecule has 2 bridgehead atoms. The van der Waals surface area contributed by atoms with Crippen LogP contribution in [-0.4, -0.2) is 41.2 Å². The summed E-state index contributed by atoms with van der Waals surface area (Å²) in [4.78, 5) is 9.51. The first-order chi connectivity index (χ1) is 17.2. The monoisotopic (exact) mass is 488 g/mol. The van der Waals surface area contributed by atoms with E-state index >= 15 is 0 Å². The Kier molecular flexibility index (Phi) is 5.05. The Bertz CT molecular complexity index is 1460. The molecule has 1 unspecified atom stereocenters. The van der Waals surface area contributed by atoms with Gasteiger partial charge < -0.3 is 5.11 Å². The first-order valence-corrected chi connectivity index (χ1v) is 12.1. The van der Waals surface area contributed by atoms with Gasteiger partial charge in [0.05, 0.1) is 46.9 Å². The minimum Gasteiger partial charge on any atom is -0.391 e. The molecule has 4 aromatic rings. The molecule has 1 fully saturated rings. The molecule has 0 radical (unpaired) electrons. The summed E-state index contributed by atoms with van der Waals surface area (Å²) in [5.74, 6) is -1.17. The molecule has 9 heteroatoms. The third kappa shape index (κ3) is 3.15. The molecule has 0 aliphatic heterocycles. The van der Waals surface area contributed by atoms with Gasteiger partial charge in [-0.25, -0.2) is 13.8 Å². The molecule has 6 rings (SSSR count). The van der Waals surface area contributed by atoms with Crippen molar-refractivity contribution in [3.8, 4) is 22.6 Å². The molecule has 36 heavy (non-hydrogen) atoms. The van der Waals surface area contributed by atoms with Crippen molar-refractivity contribution in [3.63, 3.8) is 0 Å². The number of aromatic nitrogens is 6. The zero-order valence-electron chi connectivity index (χ0n) is 20.3. The lowest BCUT2D eigenvalue weighted by Gasteiger charge is -2.37. The van der Waals surface area contributed by atoms with Crippen LogP contribution in [0.2, 0.25) is 0 Å². The fourth-order valence-corrected chi connectivity index (χ4v) is 6.32. The van der Waals surface area contributed by atoms with E-state index in [1.165, 1.54) is 18.2 Å². The lowest BCUT2D eigenvalue weighted by Crippen LogP contribution is -2.38. The van der Waals surface area contributed by atoms with E-state index in [9.17, 15) is 13.9 Å². The molecule has 1 saturated carbocycles. The third-order valence-corrected chi connectivity index (χ3v) is 8.03. The van der Waals surface area contributed by atoms with Crippen LogP contribution < -0.4 is 0 Å². The van der Waals surface area contributed by atoms with E-state index in [1.54, 1.807) is 30.1 Å². The molecule has 184 valence electrons. The molecule has 1 aromatic carbocycles. The Morgan fingerprint density at radius 1 is 1.08 bits per heavy atom. The SMILES string of the molecule is CC(O)Cn1ccc(-c2cncc([C@@]34CC[C@@H](c5cc(-c6c(F)cccc6F)nnc53)C4(C)C)n2)n1. The minimum absolute atomic E-state index is 0.146. The second kappa shape index (κ2) is 7.96. The zero-order chi connectivity index (χ0) is 25.2. The van der Waals surface area contributed by atoms with Crippen molar-refractivity contribution in [1.82, 2.24) is 29.9 Å². The van der Waals surface area contributed by atoms with Crippen molar-refractivity contribution in [1.29, 1.82) is 0 Å². The van der Waals surface area contributed by atoms with Gasteiger partial charge in [0.2, 0.25) is 0 Å². The molecular weight excluding hydrogens is 462 g/mol. The van der Waals surface area contributed by atoms with Crippen LogP contribution in [0.3, 0.4) is 0 Å². The Morgan fingerprint density at radius 2 is 1.86 bits per heavy atom. The highest BCUT2D eigenvalue weighted by molar-refractivity contribution is 5.64. The molecule has 3 atom stereocenters. The number of fused-ring (bicyclic) bond motifs is 5. The maximum atomic E-state index is 14.5. The van der Waals surface area contributed by atoms with E-state index in [2.05, 4.69) is 34.1 Å². The third-order valence-electron chi connectivity index (χ3n) is 8.03. The maximum absolute atomic E-state index is 14.5. The van der Waals surface area contributed by atoms with Crippen molar-refractivity contribution >= 4 is 0 Å². The molecule has 3 aromatic heterocycles. The van der Waals surface area contributed by atoms with Crippen LogP contribution in [-0.2, 0) is 12.0 Å². The van der Waals surface area contributed by atoms with Gasteiger partial charge in [0.1, 0.15) is 23.0 Å². The van der Waals surface area contributed by atoms with Crippen molar-refractivity contribution in [2.45, 2.75) is 57.6 Å². The molecule has 0 saturated heterocycles. The highest BCUT2D eigenvalue weighted by atomic mass is 19.1. The molecule has 2 aliphatic carbocycles. The molecule has 7 nitrogen and oxygen atoms in total. The molecule has 1 N–H and O–H groups in total. The summed E-state index contributed by atoms with van der Waals surface area (Å²) in [6.07, 6.45) is 6.49. The highest BCUT2D eigenvalue weighted by Gasteiger charge is 2.65.